The van der Waals surface area contributed by atoms with E-state index < -0.39 is 38.7 Å². The lowest BCUT2D eigenvalue weighted by Crippen LogP contribution is -2.48. The van der Waals surface area contributed by atoms with E-state index in [0.29, 0.717) is 22.5 Å². The highest BCUT2D eigenvalue weighted by Gasteiger charge is 2.36. The molecule has 0 saturated heterocycles. The summed E-state index contributed by atoms with van der Waals surface area (Å²) in [6, 6.07) is 27.0. The van der Waals surface area contributed by atoms with Gasteiger partial charge in [-0.3, -0.25) is 13.8 Å². The Morgan fingerprint density at radius 1 is 0.867 bits per heavy atom. The van der Waals surface area contributed by atoms with Crippen molar-refractivity contribution in [3.05, 3.63) is 119 Å². The number of sulfonamides is 1. The lowest BCUT2D eigenvalue weighted by atomic mass is 9.99. The number of nitrogens with zero attached hydrogens (tertiary/aromatic N) is 2. The molecule has 1 aliphatic rings. The van der Waals surface area contributed by atoms with Crippen molar-refractivity contribution >= 4 is 54.9 Å². The van der Waals surface area contributed by atoms with E-state index in [4.69, 9.17) is 15.8 Å². The van der Waals surface area contributed by atoms with Gasteiger partial charge < -0.3 is 10.2 Å². The number of amides is 2. The molecule has 0 aliphatic carbocycles. The average Bonchev–Trinajstić information content (AvgIpc) is 3.17. The minimum atomic E-state index is -3.90. The third-order valence-electron chi connectivity index (χ3n) is 7.27. The molecule has 5 rings (SSSR count). The van der Waals surface area contributed by atoms with Gasteiger partial charge in [-0.15, -0.1) is 0 Å². The maximum atomic E-state index is 14.0. The highest BCUT2D eigenvalue weighted by molar-refractivity contribution is 7.88. The third-order valence-corrected chi connectivity index (χ3v) is 9.42. The van der Waals surface area contributed by atoms with Gasteiger partial charge in [0, 0.05) is 30.0 Å². The van der Waals surface area contributed by atoms with Gasteiger partial charge in [0.2, 0.25) is 10.0 Å². The van der Waals surface area contributed by atoms with Crippen LogP contribution in [0.2, 0.25) is 5.02 Å². The number of hydrogen-bond acceptors (Lipinski definition) is 7. The molecule has 13 heteroatoms. The van der Waals surface area contributed by atoms with E-state index in [-0.39, 0.29) is 29.6 Å². The lowest BCUT2D eigenvalue weighted by molar-refractivity contribution is 0.0977. The second kappa shape index (κ2) is 13.1. The molecule has 0 bridgehead atoms. The zero-order chi connectivity index (χ0) is 32.4. The molecule has 2 amide bonds. The van der Waals surface area contributed by atoms with Gasteiger partial charge in [0.15, 0.2) is 0 Å². The molecule has 0 spiro atoms. The van der Waals surface area contributed by atoms with Crippen molar-refractivity contribution in [2.45, 2.75) is 12.6 Å². The van der Waals surface area contributed by atoms with E-state index in [1.165, 1.54) is 17.0 Å². The standard InChI is InChI=1S/C32H30ClN3O7S2/c1-44(39,40)36-19-23-12-6-9-15-30(23)35(20-25(36)21-43-45(2,41)42)32(38)28-17-16-24(18-29(28)33)34-31(37)27-14-8-7-13-26(27)22-10-4-3-5-11-22/h3-18,25H,19-21H2,1-2H3,(H,34,37). The number of carbonyl (C=O) groups is 2. The molecule has 10 nitrogen and oxygen atoms in total. The van der Waals surface area contributed by atoms with Crippen molar-refractivity contribution in [1.29, 1.82) is 0 Å². The van der Waals surface area contributed by atoms with E-state index in [0.717, 1.165) is 27.9 Å². The molecule has 0 saturated carbocycles. The summed E-state index contributed by atoms with van der Waals surface area (Å²) in [4.78, 5) is 28.7. The van der Waals surface area contributed by atoms with Crippen LogP contribution in [0.4, 0.5) is 11.4 Å². The Bertz CT molecular complexity index is 1970. The first-order chi connectivity index (χ1) is 21.3. The molecule has 45 heavy (non-hydrogen) atoms. The molecule has 0 radical (unpaired) electrons. The van der Waals surface area contributed by atoms with Crippen LogP contribution in [-0.4, -0.2) is 64.7 Å². The molecule has 234 valence electrons. The van der Waals surface area contributed by atoms with Crippen LogP contribution in [0.25, 0.3) is 11.1 Å². The van der Waals surface area contributed by atoms with Crippen molar-refractivity contribution < 1.29 is 30.6 Å². The molecule has 1 unspecified atom stereocenters. The van der Waals surface area contributed by atoms with E-state index in [1.807, 2.05) is 42.5 Å². The number of anilines is 2. The monoisotopic (exact) mass is 667 g/mol. The first kappa shape index (κ1) is 32.3. The number of benzene rings is 4. The molecule has 4 aromatic rings. The number of hydrogen-bond donors (Lipinski definition) is 1. The van der Waals surface area contributed by atoms with Crippen LogP contribution in [0.1, 0.15) is 26.3 Å². The summed E-state index contributed by atoms with van der Waals surface area (Å²) in [6.07, 6.45) is 1.88. The fourth-order valence-corrected chi connectivity index (χ4v) is 6.89. The van der Waals surface area contributed by atoms with Gasteiger partial charge in [-0.2, -0.15) is 12.7 Å². The molecular weight excluding hydrogens is 638 g/mol. The summed E-state index contributed by atoms with van der Waals surface area (Å²) in [6.45, 7) is -0.796. The Morgan fingerprint density at radius 3 is 2.22 bits per heavy atom. The second-order valence-electron chi connectivity index (χ2n) is 10.6. The third kappa shape index (κ3) is 7.60. The minimum Gasteiger partial charge on any atom is -0.322 e. The van der Waals surface area contributed by atoms with Crippen molar-refractivity contribution in [3.8, 4) is 11.1 Å². The van der Waals surface area contributed by atoms with Crippen LogP contribution < -0.4 is 10.2 Å². The Hall–Kier alpha value is -4.07. The Labute approximate surface area is 267 Å². The van der Waals surface area contributed by atoms with Crippen LogP contribution in [0.5, 0.6) is 0 Å². The first-order valence-corrected chi connectivity index (χ1v) is 17.8. The maximum Gasteiger partial charge on any atom is 0.264 e. The number of nitrogens with one attached hydrogen (secondary N) is 1. The molecule has 0 aromatic heterocycles. The number of carbonyl (C=O) groups excluding carboxylic acids is 2. The highest BCUT2D eigenvalue weighted by Crippen LogP contribution is 2.32. The number of para-hydroxylation sites is 1. The van der Waals surface area contributed by atoms with Gasteiger partial charge in [-0.05, 0) is 47.0 Å². The smallest absolute Gasteiger partial charge is 0.264 e. The number of rotatable bonds is 8. The van der Waals surface area contributed by atoms with E-state index in [2.05, 4.69) is 5.32 Å². The van der Waals surface area contributed by atoms with Crippen LogP contribution in [0, 0.1) is 0 Å². The summed E-state index contributed by atoms with van der Waals surface area (Å²) in [5, 5.41) is 2.90. The molecule has 1 atom stereocenters. The number of fused-ring (bicyclic) bond motifs is 1. The van der Waals surface area contributed by atoms with Gasteiger partial charge in [-0.25, -0.2) is 8.42 Å². The van der Waals surface area contributed by atoms with Crippen LogP contribution in [0.3, 0.4) is 0 Å². The fraction of sp³-hybridized carbons (Fsp3) is 0.188. The van der Waals surface area contributed by atoms with Crippen molar-refractivity contribution in [2.24, 2.45) is 0 Å². The average molecular weight is 668 g/mol. The van der Waals surface area contributed by atoms with Crippen molar-refractivity contribution in [3.63, 3.8) is 0 Å². The molecule has 0 fully saturated rings. The fourth-order valence-electron chi connectivity index (χ4n) is 5.18. The lowest BCUT2D eigenvalue weighted by Gasteiger charge is -2.30. The van der Waals surface area contributed by atoms with E-state index in [1.54, 1.807) is 42.5 Å². The molecule has 1 aliphatic heterocycles. The Balaban J connectivity index is 1.44. The van der Waals surface area contributed by atoms with Crippen LogP contribution in [0.15, 0.2) is 97.1 Å². The Kier molecular flexibility index (Phi) is 9.42. The normalized spacial score (nSPS) is 15.6. The van der Waals surface area contributed by atoms with Gasteiger partial charge in [0.25, 0.3) is 21.9 Å². The van der Waals surface area contributed by atoms with Gasteiger partial charge >= 0.3 is 0 Å². The SMILES string of the molecule is CS(=O)(=O)OCC1CN(C(=O)c2ccc(NC(=O)c3ccccc3-c3ccccc3)cc2Cl)c2ccccc2CN1S(C)(=O)=O. The van der Waals surface area contributed by atoms with Gasteiger partial charge in [0.05, 0.1) is 35.7 Å². The quantitative estimate of drug-likeness (QED) is 0.261. The zero-order valence-corrected chi connectivity index (χ0v) is 26.8. The molecule has 4 aromatic carbocycles. The van der Waals surface area contributed by atoms with Crippen molar-refractivity contribution in [1.82, 2.24) is 4.31 Å². The molecule has 1 heterocycles. The zero-order valence-electron chi connectivity index (χ0n) is 24.4. The number of halogens is 1. The van der Waals surface area contributed by atoms with Crippen molar-refractivity contribution in [2.75, 3.05) is 35.9 Å². The summed E-state index contributed by atoms with van der Waals surface area (Å²) in [5.41, 5.74) is 3.55. The predicted octanol–water partition coefficient (Wildman–Crippen LogP) is 5.03. The summed E-state index contributed by atoms with van der Waals surface area (Å²) in [7, 11) is -7.74. The van der Waals surface area contributed by atoms with Crippen LogP contribution in [-0.2, 0) is 30.9 Å². The summed E-state index contributed by atoms with van der Waals surface area (Å²) in [5.74, 6) is -0.903. The first-order valence-electron chi connectivity index (χ1n) is 13.8. The van der Waals surface area contributed by atoms with Gasteiger partial charge in [0.1, 0.15) is 0 Å². The largest absolute Gasteiger partial charge is 0.322 e. The Morgan fingerprint density at radius 2 is 1.53 bits per heavy atom. The summed E-state index contributed by atoms with van der Waals surface area (Å²) >= 11 is 6.62. The van der Waals surface area contributed by atoms with E-state index in [9.17, 15) is 26.4 Å². The van der Waals surface area contributed by atoms with E-state index >= 15 is 0 Å². The highest BCUT2D eigenvalue weighted by atomic mass is 35.5. The maximum absolute atomic E-state index is 14.0. The molecular formula is C32H30ClN3O7S2. The summed E-state index contributed by atoms with van der Waals surface area (Å²) < 4.78 is 55.2. The van der Waals surface area contributed by atoms with Crippen LogP contribution >= 0.6 is 11.6 Å². The predicted molar refractivity (Wildman–Crippen MR) is 174 cm³/mol. The minimum absolute atomic E-state index is 0.0553. The second-order valence-corrected chi connectivity index (χ2v) is 14.5. The van der Waals surface area contributed by atoms with Gasteiger partial charge in [-0.1, -0.05) is 78.3 Å². The molecule has 1 N–H and O–H groups in total. The topological polar surface area (TPSA) is 130 Å².